The molecule has 2 aromatic carbocycles. The molecule has 7 nitrogen and oxygen atoms in total. The Kier molecular flexibility index (Phi) is 6.90. The molecule has 2 aliphatic heterocycles. The molecule has 200 valence electrons. The minimum atomic E-state index is -0.689. The summed E-state index contributed by atoms with van der Waals surface area (Å²) in [6.07, 6.45) is 4.67. The fourth-order valence-corrected chi connectivity index (χ4v) is 5.70. The van der Waals surface area contributed by atoms with Crippen LogP contribution in [0.25, 0.3) is 0 Å². The van der Waals surface area contributed by atoms with Crippen LogP contribution in [0.3, 0.4) is 0 Å². The molecule has 0 saturated heterocycles. The lowest BCUT2D eigenvalue weighted by Crippen LogP contribution is -2.45. The van der Waals surface area contributed by atoms with Gasteiger partial charge in [0.1, 0.15) is 5.82 Å². The number of ketones is 1. The van der Waals surface area contributed by atoms with Crippen molar-refractivity contribution in [3.8, 4) is 0 Å². The summed E-state index contributed by atoms with van der Waals surface area (Å²) < 4.78 is 0. The summed E-state index contributed by atoms with van der Waals surface area (Å²) in [6, 6.07) is 19.2. The molecule has 0 saturated carbocycles. The van der Waals surface area contributed by atoms with E-state index in [-0.39, 0.29) is 30.6 Å². The highest BCUT2D eigenvalue weighted by Gasteiger charge is 2.36. The van der Waals surface area contributed by atoms with Crippen molar-refractivity contribution in [3.63, 3.8) is 0 Å². The van der Waals surface area contributed by atoms with E-state index < -0.39 is 6.04 Å². The largest absolute Gasteiger partial charge is 0.324 e. The SMILES string of the molecule is Cc1cnc2c(c1)CCN2C(=O)c1ccc(CN2C(=O)c3ccc(Cl)cc3CC(=O)[C@H]2Cc2ccccn2)cc1. The first-order valence-corrected chi connectivity index (χ1v) is 13.6. The number of hydrogen-bond acceptors (Lipinski definition) is 5. The van der Waals surface area contributed by atoms with Crippen LogP contribution >= 0.6 is 11.6 Å². The normalized spacial score (nSPS) is 16.5. The van der Waals surface area contributed by atoms with Crippen molar-refractivity contribution >= 4 is 35.0 Å². The van der Waals surface area contributed by atoms with E-state index in [4.69, 9.17) is 11.6 Å². The molecule has 40 heavy (non-hydrogen) atoms. The molecule has 6 rings (SSSR count). The molecule has 8 heteroatoms. The second-order valence-electron chi connectivity index (χ2n) is 10.3. The number of fused-ring (bicyclic) bond motifs is 2. The Hall–Kier alpha value is -4.36. The Morgan fingerprint density at radius 3 is 2.60 bits per heavy atom. The molecule has 0 N–H and O–H groups in total. The van der Waals surface area contributed by atoms with Crippen LogP contribution in [-0.2, 0) is 30.6 Å². The fourth-order valence-electron chi connectivity index (χ4n) is 5.51. The summed E-state index contributed by atoms with van der Waals surface area (Å²) in [5, 5.41) is 0.486. The maximum Gasteiger partial charge on any atom is 0.259 e. The number of carbonyl (C=O) groups is 3. The molecule has 0 aliphatic carbocycles. The first-order valence-electron chi connectivity index (χ1n) is 13.3. The summed E-state index contributed by atoms with van der Waals surface area (Å²) in [7, 11) is 0. The molecule has 2 aromatic heterocycles. The van der Waals surface area contributed by atoms with Gasteiger partial charge < -0.3 is 4.90 Å². The van der Waals surface area contributed by atoms with Crippen LogP contribution in [0.5, 0.6) is 0 Å². The van der Waals surface area contributed by atoms with Gasteiger partial charge in [-0.3, -0.25) is 24.3 Å². The zero-order chi connectivity index (χ0) is 27.8. The molecule has 0 unspecified atom stereocenters. The highest BCUT2D eigenvalue weighted by molar-refractivity contribution is 6.30. The van der Waals surface area contributed by atoms with Gasteiger partial charge in [-0.15, -0.1) is 0 Å². The van der Waals surface area contributed by atoms with Gasteiger partial charge in [-0.1, -0.05) is 35.9 Å². The standard InChI is InChI=1S/C32H27ClN4O3/c1-20-14-23-11-13-36(30(23)35-18-20)31(39)22-7-5-21(6-8-22)19-37-28(17-26-4-2-3-12-34-26)29(38)16-24-15-25(33)9-10-27(24)32(37)40/h2-10,12,14-15,18,28H,11,13,16-17,19H2,1H3/t28-/m1/s1. The van der Waals surface area contributed by atoms with Crippen molar-refractivity contribution in [1.29, 1.82) is 0 Å². The van der Waals surface area contributed by atoms with Gasteiger partial charge in [0.05, 0.1) is 6.04 Å². The lowest BCUT2D eigenvalue weighted by atomic mass is 9.99. The summed E-state index contributed by atoms with van der Waals surface area (Å²) >= 11 is 6.20. The third-order valence-electron chi connectivity index (χ3n) is 7.54. The van der Waals surface area contributed by atoms with Crippen LogP contribution in [0.15, 0.2) is 79.1 Å². The molecule has 1 atom stereocenters. The van der Waals surface area contributed by atoms with Crippen molar-refractivity contribution in [2.45, 2.75) is 38.8 Å². The molecule has 0 spiro atoms. The van der Waals surface area contributed by atoms with Crippen molar-refractivity contribution in [2.24, 2.45) is 0 Å². The number of anilines is 1. The quantitative estimate of drug-likeness (QED) is 0.348. The molecule has 0 bridgehead atoms. The van der Waals surface area contributed by atoms with E-state index in [0.717, 1.165) is 28.8 Å². The van der Waals surface area contributed by atoms with E-state index in [1.165, 1.54) is 0 Å². The second-order valence-corrected chi connectivity index (χ2v) is 10.8. The average molecular weight is 551 g/mol. The number of Topliss-reactive ketones (excluding diaryl/α,β-unsaturated/α-hetero) is 1. The lowest BCUT2D eigenvalue weighted by Gasteiger charge is -2.29. The summed E-state index contributed by atoms with van der Waals surface area (Å²) in [5.41, 5.74) is 5.35. The number of amides is 2. The molecule has 0 fully saturated rings. The predicted molar refractivity (Wildman–Crippen MR) is 153 cm³/mol. The van der Waals surface area contributed by atoms with Gasteiger partial charge in [0, 0.05) is 60.2 Å². The lowest BCUT2D eigenvalue weighted by molar-refractivity contribution is -0.122. The average Bonchev–Trinajstić information content (AvgIpc) is 3.34. The molecule has 4 heterocycles. The number of halogens is 1. The van der Waals surface area contributed by atoms with E-state index in [9.17, 15) is 14.4 Å². The molecule has 2 amide bonds. The van der Waals surface area contributed by atoms with Crippen LogP contribution in [-0.4, -0.2) is 45.1 Å². The molecule has 2 aliphatic rings. The number of aromatic nitrogens is 2. The van der Waals surface area contributed by atoms with Crippen molar-refractivity contribution in [2.75, 3.05) is 11.4 Å². The topological polar surface area (TPSA) is 83.5 Å². The Balaban J connectivity index is 1.28. The summed E-state index contributed by atoms with van der Waals surface area (Å²) in [6.45, 7) is 2.80. The highest BCUT2D eigenvalue weighted by Crippen LogP contribution is 2.29. The van der Waals surface area contributed by atoms with Gasteiger partial charge in [0.15, 0.2) is 5.78 Å². The molecule has 4 aromatic rings. The number of rotatable bonds is 5. The van der Waals surface area contributed by atoms with Gasteiger partial charge in [-0.05, 0) is 78.1 Å². The van der Waals surface area contributed by atoms with Gasteiger partial charge >= 0.3 is 0 Å². The zero-order valence-electron chi connectivity index (χ0n) is 22.0. The van der Waals surface area contributed by atoms with Crippen molar-refractivity contribution in [1.82, 2.24) is 14.9 Å². The molecular weight excluding hydrogens is 524 g/mol. The predicted octanol–water partition coefficient (Wildman–Crippen LogP) is 5.02. The van der Waals surface area contributed by atoms with Gasteiger partial charge in [0.25, 0.3) is 11.8 Å². The van der Waals surface area contributed by atoms with Gasteiger partial charge in [0.2, 0.25) is 0 Å². The van der Waals surface area contributed by atoms with Crippen LogP contribution in [0.1, 0.15) is 48.7 Å². The van der Waals surface area contributed by atoms with Gasteiger partial charge in [-0.25, -0.2) is 4.98 Å². The number of pyridine rings is 2. The van der Waals surface area contributed by atoms with Crippen LogP contribution < -0.4 is 4.90 Å². The minimum Gasteiger partial charge on any atom is -0.324 e. The number of aryl methyl sites for hydroxylation is 1. The molecular formula is C32H27ClN4O3. The Labute approximate surface area is 237 Å². The van der Waals surface area contributed by atoms with E-state index in [0.29, 0.717) is 40.5 Å². The van der Waals surface area contributed by atoms with Crippen LogP contribution in [0, 0.1) is 6.92 Å². The minimum absolute atomic E-state index is 0.0674. The van der Waals surface area contributed by atoms with E-state index in [2.05, 4.69) is 16.0 Å². The Morgan fingerprint density at radius 2 is 1.82 bits per heavy atom. The number of nitrogens with zero attached hydrogens (tertiary/aromatic N) is 4. The number of carbonyl (C=O) groups excluding carboxylic acids is 3. The first-order chi connectivity index (χ1) is 19.4. The van der Waals surface area contributed by atoms with Gasteiger partial charge in [-0.2, -0.15) is 0 Å². The summed E-state index contributed by atoms with van der Waals surface area (Å²) in [5.74, 6) is 0.307. The Morgan fingerprint density at radius 1 is 1.00 bits per heavy atom. The highest BCUT2D eigenvalue weighted by atomic mass is 35.5. The maximum absolute atomic E-state index is 13.8. The first kappa shape index (κ1) is 25.9. The van der Waals surface area contributed by atoms with Crippen LogP contribution in [0.4, 0.5) is 5.82 Å². The van der Waals surface area contributed by atoms with E-state index in [1.807, 2.05) is 37.3 Å². The second kappa shape index (κ2) is 10.7. The molecule has 0 radical (unpaired) electrons. The van der Waals surface area contributed by atoms with Crippen molar-refractivity contribution in [3.05, 3.63) is 123 Å². The number of hydrogen-bond donors (Lipinski definition) is 0. The summed E-state index contributed by atoms with van der Waals surface area (Å²) in [4.78, 5) is 52.9. The third-order valence-corrected chi connectivity index (χ3v) is 7.77. The fraction of sp³-hybridized carbons (Fsp3) is 0.219. The zero-order valence-corrected chi connectivity index (χ0v) is 22.8. The number of benzene rings is 2. The Bertz CT molecular complexity index is 1620. The monoisotopic (exact) mass is 550 g/mol. The smallest absolute Gasteiger partial charge is 0.259 e. The maximum atomic E-state index is 13.8. The van der Waals surface area contributed by atoms with E-state index in [1.54, 1.807) is 52.5 Å². The van der Waals surface area contributed by atoms with E-state index >= 15 is 0 Å². The third kappa shape index (κ3) is 5.00. The van der Waals surface area contributed by atoms with Crippen molar-refractivity contribution < 1.29 is 14.4 Å². The van der Waals surface area contributed by atoms with Crippen LogP contribution in [0.2, 0.25) is 5.02 Å².